The number of hydrogen-bond acceptors (Lipinski definition) is 4. The van der Waals surface area contributed by atoms with Gasteiger partial charge in [-0.05, 0) is 62.6 Å². The molecule has 1 aliphatic carbocycles. The average molecular weight is 517 g/mol. The Balaban J connectivity index is 1.82. The first-order chi connectivity index (χ1) is 16.7. The van der Waals surface area contributed by atoms with Crippen LogP contribution in [0.15, 0.2) is 60.2 Å². The standard InChI is InChI=1S/C26H23Cl2FN2O4/c1-15-6-11-18-20(14-15)26(35)31(24(18)33)30(25(34)19-4-2-3-5-21(19)28)22(12-13-27)23(32)16-7-9-17(29)10-8-16/h2-10,18,20,22H,11-14H2,1H3/t18-,20-,22-/m0/s1. The van der Waals surface area contributed by atoms with Crippen molar-refractivity contribution in [2.75, 3.05) is 5.88 Å². The Labute approximate surface area is 212 Å². The Morgan fingerprint density at radius 3 is 2.40 bits per heavy atom. The minimum Gasteiger partial charge on any atom is -0.292 e. The lowest BCUT2D eigenvalue weighted by Crippen LogP contribution is -2.57. The summed E-state index contributed by atoms with van der Waals surface area (Å²) in [5.41, 5.74) is 1.14. The van der Waals surface area contributed by atoms with Gasteiger partial charge in [0.15, 0.2) is 5.78 Å². The van der Waals surface area contributed by atoms with Crippen LogP contribution in [0.5, 0.6) is 0 Å². The fourth-order valence-electron chi connectivity index (χ4n) is 4.64. The fourth-order valence-corrected chi connectivity index (χ4v) is 5.06. The van der Waals surface area contributed by atoms with Gasteiger partial charge in [0.2, 0.25) is 0 Å². The highest BCUT2D eigenvalue weighted by atomic mass is 35.5. The summed E-state index contributed by atoms with van der Waals surface area (Å²) in [6, 6.07) is 9.74. The van der Waals surface area contributed by atoms with E-state index in [9.17, 15) is 23.6 Å². The molecule has 2 aromatic carbocycles. The maximum absolute atomic E-state index is 13.8. The van der Waals surface area contributed by atoms with E-state index in [-0.39, 0.29) is 28.5 Å². The van der Waals surface area contributed by atoms with Gasteiger partial charge in [0, 0.05) is 11.4 Å². The lowest BCUT2D eigenvalue weighted by atomic mass is 9.82. The van der Waals surface area contributed by atoms with E-state index in [1.165, 1.54) is 24.3 Å². The van der Waals surface area contributed by atoms with E-state index >= 15 is 0 Å². The number of fused-ring (bicyclic) bond motifs is 1. The van der Waals surface area contributed by atoms with Crippen molar-refractivity contribution in [1.82, 2.24) is 10.0 Å². The summed E-state index contributed by atoms with van der Waals surface area (Å²) in [4.78, 5) is 54.4. The van der Waals surface area contributed by atoms with Crippen LogP contribution in [0, 0.1) is 17.7 Å². The number of benzene rings is 2. The number of nitrogens with zero attached hydrogens (tertiary/aromatic N) is 2. The summed E-state index contributed by atoms with van der Waals surface area (Å²) in [5, 5.41) is 1.83. The Kier molecular flexibility index (Phi) is 7.38. The lowest BCUT2D eigenvalue weighted by molar-refractivity contribution is -0.156. The summed E-state index contributed by atoms with van der Waals surface area (Å²) in [6.45, 7) is 1.89. The molecule has 1 aliphatic heterocycles. The predicted molar refractivity (Wildman–Crippen MR) is 129 cm³/mol. The van der Waals surface area contributed by atoms with Crippen LogP contribution in [-0.2, 0) is 9.59 Å². The molecule has 0 bridgehead atoms. The zero-order valence-electron chi connectivity index (χ0n) is 18.9. The Morgan fingerprint density at radius 2 is 1.74 bits per heavy atom. The molecule has 6 nitrogen and oxygen atoms in total. The maximum atomic E-state index is 13.8. The van der Waals surface area contributed by atoms with Crippen LogP contribution in [0.3, 0.4) is 0 Å². The van der Waals surface area contributed by atoms with Crippen molar-refractivity contribution in [3.8, 4) is 0 Å². The van der Waals surface area contributed by atoms with E-state index < -0.39 is 47.2 Å². The molecule has 2 aliphatic rings. The summed E-state index contributed by atoms with van der Waals surface area (Å²) in [5.74, 6) is -4.24. The minimum atomic E-state index is -1.29. The van der Waals surface area contributed by atoms with E-state index in [1.807, 2.05) is 13.0 Å². The topological polar surface area (TPSA) is 74.8 Å². The van der Waals surface area contributed by atoms with E-state index in [1.54, 1.807) is 12.1 Å². The third-order valence-electron chi connectivity index (χ3n) is 6.44. The maximum Gasteiger partial charge on any atom is 0.275 e. The number of carbonyl (C=O) groups excluding carboxylic acids is 4. The normalized spacial score (nSPS) is 20.3. The zero-order chi connectivity index (χ0) is 25.3. The first kappa shape index (κ1) is 25.1. The largest absolute Gasteiger partial charge is 0.292 e. The number of Topliss-reactive ketones (excluding diaryl/α,β-unsaturated/α-hetero) is 1. The zero-order valence-corrected chi connectivity index (χ0v) is 20.4. The van der Waals surface area contributed by atoms with Crippen molar-refractivity contribution < 1.29 is 23.6 Å². The van der Waals surface area contributed by atoms with E-state index in [2.05, 4.69) is 0 Å². The number of amides is 3. The van der Waals surface area contributed by atoms with Crippen LogP contribution in [-0.4, -0.2) is 45.4 Å². The molecule has 3 amide bonds. The van der Waals surface area contributed by atoms with Crippen LogP contribution < -0.4 is 0 Å². The third kappa shape index (κ3) is 4.75. The number of rotatable bonds is 7. The number of imide groups is 1. The third-order valence-corrected chi connectivity index (χ3v) is 6.98. The van der Waals surface area contributed by atoms with Gasteiger partial charge in [-0.15, -0.1) is 11.6 Å². The van der Waals surface area contributed by atoms with Crippen molar-refractivity contribution in [2.45, 2.75) is 32.2 Å². The number of allylic oxidation sites excluding steroid dienone is 2. The molecule has 0 spiro atoms. The number of carbonyl (C=O) groups is 4. The molecule has 182 valence electrons. The number of ketones is 1. The molecule has 2 aromatic rings. The summed E-state index contributed by atoms with van der Waals surface area (Å²) >= 11 is 12.3. The smallest absolute Gasteiger partial charge is 0.275 e. The monoisotopic (exact) mass is 516 g/mol. The van der Waals surface area contributed by atoms with Gasteiger partial charge in [0.05, 0.1) is 22.4 Å². The van der Waals surface area contributed by atoms with E-state index in [0.29, 0.717) is 12.8 Å². The number of hydrazine groups is 1. The highest BCUT2D eigenvalue weighted by Gasteiger charge is 2.53. The molecule has 9 heteroatoms. The second kappa shape index (κ2) is 10.3. The minimum absolute atomic E-state index is 0.0328. The second-order valence-corrected chi connectivity index (χ2v) is 9.47. The molecule has 4 rings (SSSR count). The van der Waals surface area contributed by atoms with Gasteiger partial charge in [-0.25, -0.2) is 9.40 Å². The molecule has 1 fully saturated rings. The molecular weight excluding hydrogens is 494 g/mol. The van der Waals surface area contributed by atoms with Crippen LogP contribution in [0.25, 0.3) is 0 Å². The molecular formula is C26H23Cl2FN2O4. The SMILES string of the molecule is CC1=CC[C@@H]2C(=O)N(N(C(=O)c3ccccc3Cl)[C@@H](CCCl)C(=O)c3ccc(F)cc3)C(=O)[C@H]2C1. The average Bonchev–Trinajstić information content (AvgIpc) is 3.08. The second-order valence-electron chi connectivity index (χ2n) is 8.69. The van der Waals surface area contributed by atoms with Gasteiger partial charge in [-0.3, -0.25) is 19.2 Å². The van der Waals surface area contributed by atoms with Gasteiger partial charge >= 0.3 is 0 Å². The van der Waals surface area contributed by atoms with Crippen LogP contribution >= 0.6 is 23.2 Å². The predicted octanol–water partition coefficient (Wildman–Crippen LogP) is 5.06. The number of alkyl halides is 1. The van der Waals surface area contributed by atoms with Gasteiger partial charge in [0.1, 0.15) is 11.9 Å². The van der Waals surface area contributed by atoms with Crippen LogP contribution in [0.4, 0.5) is 4.39 Å². The lowest BCUT2D eigenvalue weighted by Gasteiger charge is -2.36. The molecule has 0 N–H and O–H groups in total. The van der Waals surface area contributed by atoms with Gasteiger partial charge in [-0.1, -0.05) is 35.4 Å². The summed E-state index contributed by atoms with van der Waals surface area (Å²) in [7, 11) is 0. The molecule has 3 atom stereocenters. The molecule has 1 heterocycles. The first-order valence-electron chi connectivity index (χ1n) is 11.2. The molecule has 0 aromatic heterocycles. The molecule has 35 heavy (non-hydrogen) atoms. The van der Waals surface area contributed by atoms with Gasteiger partial charge in [0.25, 0.3) is 17.7 Å². The van der Waals surface area contributed by atoms with Gasteiger partial charge in [-0.2, -0.15) is 5.01 Å². The highest BCUT2D eigenvalue weighted by molar-refractivity contribution is 6.34. The van der Waals surface area contributed by atoms with E-state index in [0.717, 1.165) is 27.7 Å². The summed E-state index contributed by atoms with van der Waals surface area (Å²) in [6.07, 6.45) is 2.64. The van der Waals surface area contributed by atoms with Crippen molar-refractivity contribution in [3.63, 3.8) is 0 Å². The highest BCUT2D eigenvalue weighted by Crippen LogP contribution is 2.39. The molecule has 0 saturated carbocycles. The van der Waals surface area contributed by atoms with E-state index in [4.69, 9.17) is 23.2 Å². The van der Waals surface area contributed by atoms with Crippen LogP contribution in [0.1, 0.15) is 46.9 Å². The van der Waals surface area contributed by atoms with Gasteiger partial charge < -0.3 is 0 Å². The first-order valence-corrected chi connectivity index (χ1v) is 12.1. The Hall–Kier alpha value is -3.03. The quantitative estimate of drug-likeness (QED) is 0.223. The van der Waals surface area contributed by atoms with Crippen molar-refractivity contribution in [2.24, 2.45) is 11.8 Å². The van der Waals surface area contributed by atoms with Crippen LogP contribution in [0.2, 0.25) is 5.02 Å². The number of halogens is 3. The number of hydrogen-bond donors (Lipinski definition) is 0. The fraction of sp³-hybridized carbons (Fsp3) is 0.308. The summed E-state index contributed by atoms with van der Waals surface area (Å²) < 4.78 is 13.5. The molecule has 0 unspecified atom stereocenters. The van der Waals surface area contributed by atoms with Crippen molar-refractivity contribution in [3.05, 3.63) is 82.1 Å². The molecule has 0 radical (unpaired) electrons. The van der Waals surface area contributed by atoms with Crippen molar-refractivity contribution in [1.29, 1.82) is 0 Å². The van der Waals surface area contributed by atoms with Crippen molar-refractivity contribution >= 4 is 46.7 Å². The Morgan fingerprint density at radius 1 is 1.09 bits per heavy atom. The molecule has 1 saturated heterocycles. The Bertz CT molecular complexity index is 1210.